The summed E-state index contributed by atoms with van der Waals surface area (Å²) in [4.78, 5) is 11.5. The van der Waals surface area contributed by atoms with E-state index in [0.717, 1.165) is 10.8 Å². The maximum atomic E-state index is 14.1. The van der Waals surface area contributed by atoms with E-state index in [1.165, 1.54) is 0 Å². The van der Waals surface area contributed by atoms with Crippen molar-refractivity contribution in [3.63, 3.8) is 0 Å². The van der Waals surface area contributed by atoms with E-state index in [-0.39, 0.29) is 6.61 Å². The minimum Gasteiger partial charge on any atom is -0.496 e. The van der Waals surface area contributed by atoms with Gasteiger partial charge in [-0.2, -0.15) is 0 Å². The molecule has 0 aromatic heterocycles. The highest BCUT2D eigenvalue weighted by Crippen LogP contribution is 2.32. The Labute approximate surface area is 122 Å². The van der Waals surface area contributed by atoms with E-state index in [0.29, 0.717) is 11.3 Å². The number of nitrogens with two attached hydrogens (primary N) is 1. The molecule has 4 nitrogen and oxygen atoms in total. The predicted molar refractivity (Wildman–Crippen MR) is 79.0 cm³/mol. The molecule has 0 saturated carbocycles. The number of methoxy groups -OCH3 is 1. The summed E-state index contributed by atoms with van der Waals surface area (Å²) in [7, 11) is 1.57. The molecule has 0 amide bonds. The molecule has 112 valence electrons. The number of fused-ring (bicyclic) bond motifs is 1. The summed E-state index contributed by atoms with van der Waals surface area (Å²) < 4.78 is 24.1. The van der Waals surface area contributed by atoms with Crippen molar-refractivity contribution in [1.29, 1.82) is 0 Å². The van der Waals surface area contributed by atoms with Gasteiger partial charge in [0.1, 0.15) is 5.75 Å². The molecular weight excluding hydrogens is 273 g/mol. The van der Waals surface area contributed by atoms with Crippen LogP contribution in [0.2, 0.25) is 0 Å². The fourth-order valence-electron chi connectivity index (χ4n) is 2.29. The van der Waals surface area contributed by atoms with Crippen LogP contribution in [0.5, 0.6) is 5.75 Å². The molecule has 0 fully saturated rings. The molecule has 0 aliphatic rings. The monoisotopic (exact) mass is 291 g/mol. The molecule has 2 rings (SSSR count). The van der Waals surface area contributed by atoms with Crippen LogP contribution in [0.1, 0.15) is 18.5 Å². The SMILES string of the molecule is CCOC(=O)C(F)[C@H](N)c1ccc(OC)c2ccccc12. The van der Waals surface area contributed by atoms with E-state index in [4.69, 9.17) is 10.5 Å². The van der Waals surface area contributed by atoms with Gasteiger partial charge in [-0.3, -0.25) is 0 Å². The average molecular weight is 291 g/mol. The van der Waals surface area contributed by atoms with Crippen LogP contribution >= 0.6 is 0 Å². The molecule has 2 aromatic carbocycles. The first-order chi connectivity index (χ1) is 10.1. The lowest BCUT2D eigenvalue weighted by Gasteiger charge is -2.18. The van der Waals surface area contributed by atoms with Crippen LogP contribution in [0.25, 0.3) is 10.8 Å². The third-order valence-electron chi connectivity index (χ3n) is 3.32. The number of hydrogen-bond donors (Lipinski definition) is 1. The minimum absolute atomic E-state index is 0.120. The molecular formula is C16H18FNO3. The van der Waals surface area contributed by atoms with Gasteiger partial charge in [0.25, 0.3) is 0 Å². The van der Waals surface area contributed by atoms with Crippen LogP contribution in [0.4, 0.5) is 4.39 Å². The Morgan fingerprint density at radius 2 is 1.90 bits per heavy atom. The molecule has 0 bridgehead atoms. The molecule has 0 saturated heterocycles. The highest BCUT2D eigenvalue weighted by Gasteiger charge is 2.29. The summed E-state index contributed by atoms with van der Waals surface area (Å²) >= 11 is 0. The molecule has 0 radical (unpaired) electrons. The summed E-state index contributed by atoms with van der Waals surface area (Å²) in [6.07, 6.45) is -1.90. The van der Waals surface area contributed by atoms with Gasteiger partial charge in [0.2, 0.25) is 6.17 Å². The fraction of sp³-hybridized carbons (Fsp3) is 0.312. The quantitative estimate of drug-likeness (QED) is 0.860. The van der Waals surface area contributed by atoms with Gasteiger partial charge in [-0.1, -0.05) is 30.3 Å². The van der Waals surface area contributed by atoms with Gasteiger partial charge < -0.3 is 15.2 Å². The molecule has 2 N–H and O–H groups in total. The average Bonchev–Trinajstić information content (AvgIpc) is 2.52. The third-order valence-corrected chi connectivity index (χ3v) is 3.32. The van der Waals surface area contributed by atoms with Gasteiger partial charge in [0.05, 0.1) is 19.8 Å². The third kappa shape index (κ3) is 2.97. The number of ether oxygens (including phenoxy) is 2. The normalized spacial score (nSPS) is 13.7. The second-order valence-corrected chi connectivity index (χ2v) is 4.58. The number of carbonyl (C=O) groups excluding carboxylic acids is 1. The Bertz CT molecular complexity index is 644. The Hall–Kier alpha value is -2.14. The zero-order valence-electron chi connectivity index (χ0n) is 12.0. The van der Waals surface area contributed by atoms with Crippen molar-refractivity contribution < 1.29 is 18.7 Å². The van der Waals surface area contributed by atoms with E-state index < -0.39 is 18.2 Å². The number of rotatable bonds is 5. The molecule has 0 heterocycles. The second kappa shape index (κ2) is 6.54. The van der Waals surface area contributed by atoms with Gasteiger partial charge >= 0.3 is 5.97 Å². The lowest BCUT2D eigenvalue weighted by Crippen LogP contribution is -2.31. The Balaban J connectivity index is 2.44. The Morgan fingerprint density at radius 1 is 1.24 bits per heavy atom. The number of hydrogen-bond acceptors (Lipinski definition) is 4. The fourth-order valence-corrected chi connectivity index (χ4v) is 2.29. The number of carbonyl (C=O) groups is 1. The molecule has 5 heteroatoms. The van der Waals surface area contributed by atoms with Crippen LogP contribution in [0.15, 0.2) is 36.4 Å². The van der Waals surface area contributed by atoms with Gasteiger partial charge in [-0.05, 0) is 23.9 Å². The number of alkyl halides is 1. The first kappa shape index (κ1) is 15.3. The van der Waals surface area contributed by atoms with Gasteiger partial charge in [0.15, 0.2) is 0 Å². The second-order valence-electron chi connectivity index (χ2n) is 4.58. The van der Waals surface area contributed by atoms with Crippen LogP contribution in [-0.2, 0) is 9.53 Å². The zero-order chi connectivity index (χ0) is 15.4. The molecule has 21 heavy (non-hydrogen) atoms. The van der Waals surface area contributed by atoms with E-state index in [1.54, 1.807) is 26.2 Å². The lowest BCUT2D eigenvalue weighted by atomic mass is 9.96. The van der Waals surface area contributed by atoms with Crippen LogP contribution in [0, 0.1) is 0 Å². The maximum Gasteiger partial charge on any atom is 0.342 e. The summed E-state index contributed by atoms with van der Waals surface area (Å²) in [5, 5.41) is 1.58. The largest absolute Gasteiger partial charge is 0.496 e. The molecule has 1 unspecified atom stereocenters. The molecule has 2 atom stereocenters. The van der Waals surface area contributed by atoms with Crippen molar-refractivity contribution in [3.05, 3.63) is 42.0 Å². The summed E-state index contributed by atoms with van der Waals surface area (Å²) in [5.41, 5.74) is 6.46. The Kier molecular flexibility index (Phi) is 4.75. The molecule has 0 spiro atoms. The van der Waals surface area contributed by atoms with Crippen molar-refractivity contribution in [2.45, 2.75) is 19.1 Å². The van der Waals surface area contributed by atoms with Crippen molar-refractivity contribution in [2.24, 2.45) is 5.73 Å². The van der Waals surface area contributed by atoms with Gasteiger partial charge in [-0.15, -0.1) is 0 Å². The highest BCUT2D eigenvalue weighted by molar-refractivity contribution is 5.92. The van der Waals surface area contributed by atoms with Crippen molar-refractivity contribution in [3.8, 4) is 5.75 Å². The standard InChI is InChI=1S/C16H18FNO3/c1-3-21-16(19)14(17)15(18)12-8-9-13(20-2)11-7-5-4-6-10(11)12/h4-9,14-15H,3,18H2,1-2H3/t14?,15-/m1/s1. The predicted octanol–water partition coefficient (Wildman–Crippen LogP) is 2.75. The maximum absolute atomic E-state index is 14.1. The number of benzene rings is 2. The van der Waals surface area contributed by atoms with E-state index >= 15 is 0 Å². The highest BCUT2D eigenvalue weighted by atomic mass is 19.1. The zero-order valence-corrected chi connectivity index (χ0v) is 12.0. The van der Waals surface area contributed by atoms with Crippen molar-refractivity contribution in [2.75, 3.05) is 13.7 Å². The summed E-state index contributed by atoms with van der Waals surface area (Å²) in [6.45, 7) is 1.74. The summed E-state index contributed by atoms with van der Waals surface area (Å²) in [5.74, 6) is -0.266. The Morgan fingerprint density at radius 3 is 2.52 bits per heavy atom. The molecule has 0 aliphatic heterocycles. The van der Waals surface area contributed by atoms with E-state index in [9.17, 15) is 9.18 Å². The van der Waals surface area contributed by atoms with Crippen LogP contribution in [-0.4, -0.2) is 25.9 Å². The first-order valence-electron chi connectivity index (χ1n) is 6.72. The minimum atomic E-state index is -1.90. The summed E-state index contributed by atoms with van der Waals surface area (Å²) in [6, 6.07) is 9.69. The van der Waals surface area contributed by atoms with Crippen LogP contribution in [0.3, 0.4) is 0 Å². The van der Waals surface area contributed by atoms with Gasteiger partial charge in [0, 0.05) is 5.39 Å². The van der Waals surface area contributed by atoms with Crippen molar-refractivity contribution in [1.82, 2.24) is 0 Å². The van der Waals surface area contributed by atoms with Crippen molar-refractivity contribution >= 4 is 16.7 Å². The molecule has 0 aliphatic carbocycles. The molecule has 2 aromatic rings. The number of esters is 1. The van der Waals surface area contributed by atoms with Gasteiger partial charge in [-0.25, -0.2) is 9.18 Å². The van der Waals surface area contributed by atoms with Crippen LogP contribution < -0.4 is 10.5 Å². The first-order valence-corrected chi connectivity index (χ1v) is 6.72. The smallest absolute Gasteiger partial charge is 0.342 e. The topological polar surface area (TPSA) is 61.5 Å². The number of halogens is 1. The van der Waals surface area contributed by atoms with E-state index in [1.807, 2.05) is 24.3 Å². The lowest BCUT2D eigenvalue weighted by molar-refractivity contribution is -0.149. The van der Waals surface area contributed by atoms with E-state index in [2.05, 4.69) is 4.74 Å².